The highest BCUT2D eigenvalue weighted by molar-refractivity contribution is 5.69. The third kappa shape index (κ3) is 21.4. The lowest BCUT2D eigenvalue weighted by Crippen LogP contribution is -2.10. The second-order valence-electron chi connectivity index (χ2n) is 7.56. The largest absolute Gasteiger partial charge is 0.466 e. The lowest BCUT2D eigenvalue weighted by atomic mass is 10.1. The van der Waals surface area contributed by atoms with E-state index in [0.717, 1.165) is 25.9 Å². The summed E-state index contributed by atoms with van der Waals surface area (Å²) in [6, 6.07) is 0. The molecule has 0 spiro atoms. The van der Waals surface area contributed by atoms with Gasteiger partial charge in [-0.1, -0.05) is 72.1 Å². The van der Waals surface area contributed by atoms with Crippen LogP contribution in [0, 0.1) is 5.92 Å². The molecule has 0 amide bonds. The molecule has 0 bridgehead atoms. The van der Waals surface area contributed by atoms with E-state index >= 15 is 0 Å². The van der Waals surface area contributed by atoms with Gasteiger partial charge < -0.3 is 14.2 Å². The highest BCUT2D eigenvalue weighted by atomic mass is 16.5. The minimum Gasteiger partial charge on any atom is -0.466 e. The summed E-state index contributed by atoms with van der Waals surface area (Å²) in [5.41, 5.74) is 0. The lowest BCUT2D eigenvalue weighted by Gasteiger charge is -2.07. The molecule has 0 unspecified atom stereocenters. The summed E-state index contributed by atoms with van der Waals surface area (Å²) in [7, 11) is 0. The van der Waals surface area contributed by atoms with Crippen LogP contribution in [0.5, 0.6) is 0 Å². The molecule has 0 rings (SSSR count). The van der Waals surface area contributed by atoms with Crippen LogP contribution >= 0.6 is 0 Å². The zero-order chi connectivity index (χ0) is 19.3. The zero-order valence-corrected chi connectivity index (χ0v) is 17.7. The molecule has 156 valence electrons. The number of carbonyl (C=O) groups excluding carboxylic acids is 1. The van der Waals surface area contributed by atoms with Gasteiger partial charge in [0.1, 0.15) is 0 Å². The smallest absolute Gasteiger partial charge is 0.305 e. The molecule has 0 saturated carbocycles. The van der Waals surface area contributed by atoms with E-state index in [2.05, 4.69) is 20.8 Å². The van der Waals surface area contributed by atoms with E-state index in [0.29, 0.717) is 38.8 Å². The number of hydrogen-bond acceptors (Lipinski definition) is 4. The Labute approximate surface area is 162 Å². The van der Waals surface area contributed by atoms with Gasteiger partial charge in [-0.2, -0.15) is 0 Å². The number of esters is 1. The van der Waals surface area contributed by atoms with Gasteiger partial charge in [-0.15, -0.1) is 0 Å². The molecule has 26 heavy (non-hydrogen) atoms. The van der Waals surface area contributed by atoms with E-state index in [-0.39, 0.29) is 5.97 Å². The molecule has 4 heteroatoms. The third-order valence-electron chi connectivity index (χ3n) is 4.39. The molecule has 0 aromatic heterocycles. The van der Waals surface area contributed by atoms with Crippen molar-refractivity contribution in [3.8, 4) is 0 Å². The minimum atomic E-state index is -0.115. The van der Waals surface area contributed by atoms with Gasteiger partial charge in [-0.3, -0.25) is 4.79 Å². The monoisotopic (exact) mass is 372 g/mol. The van der Waals surface area contributed by atoms with Gasteiger partial charge in [-0.25, -0.2) is 0 Å². The van der Waals surface area contributed by atoms with Crippen molar-refractivity contribution in [1.29, 1.82) is 0 Å². The summed E-state index contributed by atoms with van der Waals surface area (Å²) in [6.07, 6.45) is 14.1. The van der Waals surface area contributed by atoms with Crippen LogP contribution in [0.2, 0.25) is 0 Å². The Kier molecular flexibility index (Phi) is 20.2. The second kappa shape index (κ2) is 20.7. The Morgan fingerprint density at radius 2 is 1.23 bits per heavy atom. The van der Waals surface area contributed by atoms with Crippen LogP contribution in [0.3, 0.4) is 0 Å². The maximum absolute atomic E-state index is 11.5. The number of rotatable bonds is 20. The Morgan fingerprint density at radius 3 is 1.81 bits per heavy atom. The molecule has 0 aromatic carbocycles. The van der Waals surface area contributed by atoms with Crippen molar-refractivity contribution < 1.29 is 19.0 Å². The molecule has 0 fully saturated rings. The van der Waals surface area contributed by atoms with E-state index in [9.17, 15) is 4.79 Å². The molecule has 0 N–H and O–H groups in total. The SMILES string of the molecule is CCCCCCCCCCCOCCOCCCC(=O)OCCC(C)C. The normalized spacial score (nSPS) is 11.2. The summed E-state index contributed by atoms with van der Waals surface area (Å²) >= 11 is 0. The van der Waals surface area contributed by atoms with Gasteiger partial charge in [0.2, 0.25) is 0 Å². The molecule has 0 aliphatic carbocycles. The fraction of sp³-hybridized carbons (Fsp3) is 0.955. The van der Waals surface area contributed by atoms with E-state index in [1.54, 1.807) is 0 Å². The van der Waals surface area contributed by atoms with Crippen LogP contribution in [-0.2, 0) is 19.0 Å². The van der Waals surface area contributed by atoms with Crippen LogP contribution < -0.4 is 0 Å². The number of ether oxygens (including phenoxy) is 3. The average molecular weight is 373 g/mol. The third-order valence-corrected chi connectivity index (χ3v) is 4.39. The molecule has 0 aliphatic rings. The van der Waals surface area contributed by atoms with Crippen LogP contribution in [0.15, 0.2) is 0 Å². The van der Waals surface area contributed by atoms with Crippen molar-refractivity contribution in [3.05, 3.63) is 0 Å². The van der Waals surface area contributed by atoms with Gasteiger partial charge in [0.05, 0.1) is 19.8 Å². The first-order chi connectivity index (χ1) is 12.7. The van der Waals surface area contributed by atoms with Gasteiger partial charge in [-0.05, 0) is 25.2 Å². The Morgan fingerprint density at radius 1 is 0.692 bits per heavy atom. The summed E-state index contributed by atoms with van der Waals surface area (Å²) in [5.74, 6) is 0.456. The average Bonchev–Trinajstić information content (AvgIpc) is 2.61. The maximum atomic E-state index is 11.5. The Bertz CT molecular complexity index is 292. The maximum Gasteiger partial charge on any atom is 0.305 e. The van der Waals surface area contributed by atoms with Gasteiger partial charge in [0.25, 0.3) is 0 Å². The molecule has 0 radical (unpaired) electrons. The summed E-state index contributed by atoms with van der Waals surface area (Å²) in [5, 5.41) is 0. The van der Waals surface area contributed by atoms with Crippen molar-refractivity contribution in [2.24, 2.45) is 5.92 Å². The number of unbranched alkanes of at least 4 members (excludes halogenated alkanes) is 8. The number of carbonyl (C=O) groups is 1. The van der Waals surface area contributed by atoms with Crippen molar-refractivity contribution in [2.75, 3.05) is 33.0 Å². The van der Waals surface area contributed by atoms with Crippen molar-refractivity contribution in [2.45, 2.75) is 97.8 Å². The quantitative estimate of drug-likeness (QED) is 0.196. The van der Waals surface area contributed by atoms with E-state index < -0.39 is 0 Å². The van der Waals surface area contributed by atoms with Gasteiger partial charge in [0, 0.05) is 19.6 Å². The number of hydrogen-bond donors (Lipinski definition) is 0. The predicted molar refractivity (Wildman–Crippen MR) is 109 cm³/mol. The van der Waals surface area contributed by atoms with Crippen LogP contribution in [0.25, 0.3) is 0 Å². The van der Waals surface area contributed by atoms with Crippen molar-refractivity contribution in [1.82, 2.24) is 0 Å². The van der Waals surface area contributed by atoms with E-state index in [4.69, 9.17) is 14.2 Å². The van der Waals surface area contributed by atoms with Crippen molar-refractivity contribution >= 4 is 5.97 Å². The van der Waals surface area contributed by atoms with E-state index in [1.807, 2.05) is 0 Å². The standard InChI is InChI=1S/C22H44O4/c1-4-5-6-7-8-9-10-11-12-16-24-19-20-25-17-13-14-22(23)26-18-15-21(2)3/h21H,4-20H2,1-3H3. The highest BCUT2D eigenvalue weighted by Gasteiger charge is 2.03. The second-order valence-corrected chi connectivity index (χ2v) is 7.56. The van der Waals surface area contributed by atoms with Crippen LogP contribution in [0.4, 0.5) is 0 Å². The fourth-order valence-electron chi connectivity index (χ4n) is 2.64. The zero-order valence-electron chi connectivity index (χ0n) is 17.7. The molecule has 0 saturated heterocycles. The predicted octanol–water partition coefficient (Wildman–Crippen LogP) is 5.92. The topological polar surface area (TPSA) is 44.8 Å². The van der Waals surface area contributed by atoms with Crippen LogP contribution in [0.1, 0.15) is 97.8 Å². The summed E-state index contributed by atoms with van der Waals surface area (Å²) in [4.78, 5) is 11.5. The van der Waals surface area contributed by atoms with Crippen LogP contribution in [-0.4, -0.2) is 39.0 Å². The molecule has 0 aliphatic heterocycles. The summed E-state index contributed by atoms with van der Waals surface area (Å²) < 4.78 is 16.2. The first-order valence-electron chi connectivity index (χ1n) is 11.0. The molecule has 0 aromatic rings. The molecule has 0 atom stereocenters. The highest BCUT2D eigenvalue weighted by Crippen LogP contribution is 2.09. The summed E-state index contributed by atoms with van der Waals surface area (Å²) in [6.45, 7) is 9.73. The van der Waals surface area contributed by atoms with Gasteiger partial charge >= 0.3 is 5.97 Å². The Balaban J connectivity index is 3.10. The first kappa shape index (κ1) is 25.4. The molecular weight excluding hydrogens is 328 g/mol. The first-order valence-corrected chi connectivity index (χ1v) is 11.0. The minimum absolute atomic E-state index is 0.115. The molecule has 0 heterocycles. The molecular formula is C22H44O4. The molecule has 4 nitrogen and oxygen atoms in total. The fourth-order valence-corrected chi connectivity index (χ4v) is 2.64. The van der Waals surface area contributed by atoms with Gasteiger partial charge in [0.15, 0.2) is 0 Å². The Hall–Kier alpha value is -0.610. The van der Waals surface area contributed by atoms with Crippen molar-refractivity contribution in [3.63, 3.8) is 0 Å². The lowest BCUT2D eigenvalue weighted by molar-refractivity contribution is -0.144. The van der Waals surface area contributed by atoms with E-state index in [1.165, 1.54) is 51.4 Å².